The van der Waals surface area contributed by atoms with Gasteiger partial charge in [-0.25, -0.2) is 14.4 Å². The highest BCUT2D eigenvalue weighted by Crippen LogP contribution is 2.15. The van der Waals surface area contributed by atoms with E-state index in [1.165, 1.54) is 6.07 Å². The van der Waals surface area contributed by atoms with Crippen LogP contribution in [0.15, 0.2) is 41.9 Å². The molecule has 0 radical (unpaired) electrons. The highest BCUT2D eigenvalue weighted by Gasteiger charge is 2.14. The van der Waals surface area contributed by atoms with Crippen LogP contribution in [0.3, 0.4) is 0 Å². The standard InChI is InChI=1S/C21H30FN5O2/c1-2-24-21(25-8-4-11-28-15-18-5-3-12-29-18)26-14-17-6-7-20(19(22)13-17)27-10-9-23-16-27/h6-7,9-10,13,16,18H,2-5,8,11-12,14-15H2,1H3,(H2,24,25,26). The SMILES string of the molecule is CCNC(=NCc1ccc(-n2ccnc2)c(F)c1)NCCCOCC1CCCO1. The van der Waals surface area contributed by atoms with Crippen molar-refractivity contribution in [2.75, 3.05) is 32.9 Å². The van der Waals surface area contributed by atoms with E-state index in [2.05, 4.69) is 20.6 Å². The quantitative estimate of drug-likeness (QED) is 0.363. The first-order chi connectivity index (χ1) is 14.3. The monoisotopic (exact) mass is 403 g/mol. The summed E-state index contributed by atoms with van der Waals surface area (Å²) in [6, 6.07) is 5.14. The van der Waals surface area contributed by atoms with Gasteiger partial charge in [-0.05, 0) is 43.9 Å². The second-order valence-corrected chi connectivity index (χ2v) is 6.94. The number of rotatable bonds is 10. The fourth-order valence-electron chi connectivity index (χ4n) is 3.14. The van der Waals surface area contributed by atoms with Crippen molar-refractivity contribution in [3.8, 4) is 5.69 Å². The van der Waals surface area contributed by atoms with E-state index in [-0.39, 0.29) is 11.9 Å². The van der Waals surface area contributed by atoms with Gasteiger partial charge >= 0.3 is 0 Å². The molecule has 0 aliphatic carbocycles. The Morgan fingerprint density at radius 1 is 1.41 bits per heavy atom. The molecule has 1 unspecified atom stereocenters. The highest BCUT2D eigenvalue weighted by molar-refractivity contribution is 5.79. The Balaban J connectivity index is 1.43. The molecule has 0 bridgehead atoms. The molecule has 29 heavy (non-hydrogen) atoms. The molecule has 158 valence electrons. The van der Waals surface area contributed by atoms with Gasteiger partial charge in [-0.3, -0.25) is 0 Å². The van der Waals surface area contributed by atoms with Gasteiger partial charge in [0.1, 0.15) is 5.82 Å². The molecule has 1 aliphatic rings. The number of aromatic nitrogens is 2. The average Bonchev–Trinajstić information content (AvgIpc) is 3.43. The predicted octanol–water partition coefficient (Wildman–Crippen LogP) is 2.65. The number of nitrogens with zero attached hydrogens (tertiary/aromatic N) is 3. The van der Waals surface area contributed by atoms with Gasteiger partial charge in [0.05, 0.1) is 31.3 Å². The molecule has 0 saturated carbocycles. The lowest BCUT2D eigenvalue weighted by molar-refractivity contribution is 0.0168. The summed E-state index contributed by atoms with van der Waals surface area (Å²) in [5.74, 6) is 0.419. The molecule has 0 spiro atoms. The second kappa shape index (κ2) is 11.5. The summed E-state index contributed by atoms with van der Waals surface area (Å²) >= 11 is 0. The molecular formula is C21H30FN5O2. The van der Waals surface area contributed by atoms with Crippen molar-refractivity contribution in [1.29, 1.82) is 0 Å². The Morgan fingerprint density at radius 3 is 3.07 bits per heavy atom. The summed E-state index contributed by atoms with van der Waals surface area (Å²) in [4.78, 5) is 8.50. The molecule has 1 saturated heterocycles. The Bertz CT molecular complexity index is 760. The van der Waals surface area contributed by atoms with Gasteiger partial charge in [0.25, 0.3) is 0 Å². The minimum absolute atomic E-state index is 0.266. The smallest absolute Gasteiger partial charge is 0.191 e. The van der Waals surface area contributed by atoms with E-state index in [9.17, 15) is 4.39 Å². The molecule has 2 aromatic rings. The molecular weight excluding hydrogens is 373 g/mol. The van der Waals surface area contributed by atoms with Crippen molar-refractivity contribution in [2.24, 2.45) is 4.99 Å². The maximum atomic E-state index is 14.4. The zero-order valence-electron chi connectivity index (χ0n) is 16.9. The van der Waals surface area contributed by atoms with Crippen LogP contribution in [0, 0.1) is 5.82 Å². The Labute approximate surface area is 171 Å². The third-order valence-corrected chi connectivity index (χ3v) is 4.64. The Kier molecular flexibility index (Phi) is 8.45. The minimum Gasteiger partial charge on any atom is -0.379 e. The van der Waals surface area contributed by atoms with Crippen molar-refractivity contribution < 1.29 is 13.9 Å². The third-order valence-electron chi connectivity index (χ3n) is 4.64. The van der Waals surface area contributed by atoms with E-state index in [1.54, 1.807) is 29.4 Å². The zero-order chi connectivity index (χ0) is 20.3. The van der Waals surface area contributed by atoms with Crippen molar-refractivity contribution in [1.82, 2.24) is 20.2 Å². The van der Waals surface area contributed by atoms with Gasteiger partial charge in [-0.2, -0.15) is 0 Å². The lowest BCUT2D eigenvalue weighted by atomic mass is 10.2. The summed E-state index contributed by atoms with van der Waals surface area (Å²) < 4.78 is 27.2. The summed E-state index contributed by atoms with van der Waals surface area (Å²) in [6.07, 6.45) is 8.29. The van der Waals surface area contributed by atoms with Crippen molar-refractivity contribution >= 4 is 5.96 Å². The molecule has 1 aromatic heterocycles. The number of aliphatic imine (C=N–C) groups is 1. The van der Waals surface area contributed by atoms with E-state index < -0.39 is 0 Å². The van der Waals surface area contributed by atoms with E-state index in [4.69, 9.17) is 9.47 Å². The van der Waals surface area contributed by atoms with Crippen LogP contribution in [0.2, 0.25) is 0 Å². The fraction of sp³-hybridized carbons (Fsp3) is 0.524. The normalized spacial score (nSPS) is 16.9. The number of ether oxygens (including phenoxy) is 2. The van der Waals surface area contributed by atoms with Gasteiger partial charge in [0.15, 0.2) is 5.96 Å². The number of benzene rings is 1. The second-order valence-electron chi connectivity index (χ2n) is 6.94. The number of nitrogens with one attached hydrogen (secondary N) is 2. The maximum absolute atomic E-state index is 14.4. The van der Waals surface area contributed by atoms with Gasteiger partial charge < -0.3 is 24.7 Å². The fourth-order valence-corrected chi connectivity index (χ4v) is 3.14. The summed E-state index contributed by atoms with van der Waals surface area (Å²) in [6.45, 7) is 6.14. The molecule has 1 fully saturated rings. The molecule has 1 aromatic carbocycles. The van der Waals surface area contributed by atoms with Gasteiger partial charge in [0, 0.05) is 38.7 Å². The van der Waals surface area contributed by atoms with Crippen LogP contribution < -0.4 is 10.6 Å². The third kappa shape index (κ3) is 6.83. The van der Waals surface area contributed by atoms with Crippen molar-refractivity contribution in [3.63, 3.8) is 0 Å². The molecule has 3 rings (SSSR count). The summed E-state index contributed by atoms with van der Waals surface area (Å²) in [5, 5.41) is 6.50. The molecule has 2 N–H and O–H groups in total. The maximum Gasteiger partial charge on any atom is 0.191 e. The molecule has 0 amide bonds. The minimum atomic E-state index is -0.294. The average molecular weight is 404 g/mol. The summed E-state index contributed by atoms with van der Waals surface area (Å²) in [7, 11) is 0. The van der Waals surface area contributed by atoms with E-state index >= 15 is 0 Å². The van der Waals surface area contributed by atoms with Crippen molar-refractivity contribution in [2.45, 2.75) is 38.8 Å². The zero-order valence-corrected chi connectivity index (χ0v) is 16.9. The lowest BCUT2D eigenvalue weighted by Gasteiger charge is -2.13. The largest absolute Gasteiger partial charge is 0.379 e. The van der Waals surface area contributed by atoms with Crippen LogP contribution >= 0.6 is 0 Å². The first kappa shape index (κ1) is 21.3. The van der Waals surface area contributed by atoms with Crippen LogP contribution in [0.4, 0.5) is 4.39 Å². The number of hydrogen-bond donors (Lipinski definition) is 2. The van der Waals surface area contributed by atoms with Crippen LogP contribution in [-0.2, 0) is 16.0 Å². The highest BCUT2D eigenvalue weighted by atomic mass is 19.1. The summed E-state index contributed by atoms with van der Waals surface area (Å²) in [5.41, 5.74) is 1.28. The topological polar surface area (TPSA) is 72.7 Å². The van der Waals surface area contributed by atoms with Crippen molar-refractivity contribution in [3.05, 3.63) is 48.3 Å². The first-order valence-corrected chi connectivity index (χ1v) is 10.2. The van der Waals surface area contributed by atoms with E-state index in [0.29, 0.717) is 31.4 Å². The number of halogens is 1. The lowest BCUT2D eigenvalue weighted by Crippen LogP contribution is -2.38. The van der Waals surface area contributed by atoms with Crippen LogP contribution in [0.5, 0.6) is 0 Å². The molecule has 1 atom stereocenters. The van der Waals surface area contributed by atoms with E-state index in [1.807, 2.05) is 13.0 Å². The Hall–Kier alpha value is -2.45. The molecule has 2 heterocycles. The van der Waals surface area contributed by atoms with Gasteiger partial charge in [-0.1, -0.05) is 6.07 Å². The van der Waals surface area contributed by atoms with Gasteiger partial charge in [-0.15, -0.1) is 0 Å². The van der Waals surface area contributed by atoms with Crippen LogP contribution in [-0.4, -0.2) is 54.5 Å². The predicted molar refractivity (Wildman–Crippen MR) is 111 cm³/mol. The van der Waals surface area contributed by atoms with E-state index in [0.717, 1.165) is 44.5 Å². The van der Waals surface area contributed by atoms with Gasteiger partial charge in [0.2, 0.25) is 0 Å². The molecule has 7 nitrogen and oxygen atoms in total. The Morgan fingerprint density at radius 2 is 2.34 bits per heavy atom. The number of guanidine groups is 1. The van der Waals surface area contributed by atoms with Crippen LogP contribution in [0.25, 0.3) is 5.69 Å². The van der Waals surface area contributed by atoms with Crippen LogP contribution in [0.1, 0.15) is 31.7 Å². The number of hydrogen-bond acceptors (Lipinski definition) is 4. The molecule has 1 aliphatic heterocycles. The molecule has 8 heteroatoms. The number of imidazole rings is 1. The first-order valence-electron chi connectivity index (χ1n) is 10.2.